The lowest BCUT2D eigenvalue weighted by molar-refractivity contribution is -0.116. The quantitative estimate of drug-likeness (QED) is 0.546. The van der Waals surface area contributed by atoms with Crippen LogP contribution in [0.15, 0.2) is 47.3 Å². The number of rotatable bonds is 4. The molecule has 0 fully saturated rings. The first-order valence-electron chi connectivity index (χ1n) is 9.73. The molecule has 0 aliphatic heterocycles. The van der Waals surface area contributed by atoms with Gasteiger partial charge < -0.3 is 10.3 Å². The highest BCUT2D eigenvalue weighted by Gasteiger charge is 2.13. The van der Waals surface area contributed by atoms with Crippen molar-refractivity contribution < 1.29 is 4.79 Å². The zero-order valence-electron chi connectivity index (χ0n) is 17.4. The number of H-pyrrole nitrogens is 1. The van der Waals surface area contributed by atoms with Gasteiger partial charge in [0, 0.05) is 22.6 Å². The van der Waals surface area contributed by atoms with E-state index >= 15 is 0 Å². The van der Waals surface area contributed by atoms with E-state index in [-0.39, 0.29) is 12.5 Å². The maximum absolute atomic E-state index is 12.6. The topological polar surface area (TPSA) is 92.7 Å². The van der Waals surface area contributed by atoms with E-state index in [4.69, 9.17) is 0 Å². The molecule has 1 amide bonds. The molecule has 7 nitrogen and oxygen atoms in total. The summed E-state index contributed by atoms with van der Waals surface area (Å²) in [6.07, 6.45) is 0. The van der Waals surface area contributed by atoms with Crippen molar-refractivity contribution in [3.8, 4) is 11.4 Å². The van der Waals surface area contributed by atoms with E-state index in [1.54, 1.807) is 6.92 Å². The maximum Gasteiger partial charge on any atom is 0.348 e. The van der Waals surface area contributed by atoms with Crippen LogP contribution in [0.1, 0.15) is 22.5 Å². The van der Waals surface area contributed by atoms with Gasteiger partial charge in [-0.05, 0) is 63.1 Å². The summed E-state index contributed by atoms with van der Waals surface area (Å²) >= 11 is 0. The average molecular weight is 401 g/mol. The lowest BCUT2D eigenvalue weighted by Crippen LogP contribution is -2.32. The number of fused-ring (bicyclic) bond motifs is 1. The fourth-order valence-corrected chi connectivity index (χ4v) is 3.43. The van der Waals surface area contributed by atoms with Gasteiger partial charge in [-0.25, -0.2) is 9.78 Å². The molecule has 7 heteroatoms. The highest BCUT2D eigenvalue weighted by Crippen LogP contribution is 2.23. The number of hydrogen-bond donors (Lipinski definition) is 2. The fourth-order valence-electron chi connectivity index (χ4n) is 3.43. The largest absolute Gasteiger partial charge is 0.348 e. The zero-order valence-corrected chi connectivity index (χ0v) is 17.4. The molecule has 2 heterocycles. The molecule has 4 aromatic rings. The number of nitrogens with one attached hydrogen (secondary N) is 2. The summed E-state index contributed by atoms with van der Waals surface area (Å²) < 4.78 is 1.39. The molecular formula is C23H23N5O2. The molecule has 0 unspecified atom stereocenters. The minimum Gasteiger partial charge on any atom is -0.338 e. The number of carbonyl (C=O) groups is 1. The van der Waals surface area contributed by atoms with Crippen LogP contribution >= 0.6 is 0 Å². The van der Waals surface area contributed by atoms with Crippen molar-refractivity contribution in [2.45, 2.75) is 34.2 Å². The molecule has 2 aromatic carbocycles. The van der Waals surface area contributed by atoms with Crippen LogP contribution in [-0.2, 0) is 11.3 Å². The van der Waals surface area contributed by atoms with E-state index in [0.29, 0.717) is 11.4 Å². The molecule has 0 radical (unpaired) electrons. The molecule has 2 aromatic heterocycles. The number of nitrogens with zero attached hydrogens (tertiary/aromatic N) is 3. The molecule has 30 heavy (non-hydrogen) atoms. The summed E-state index contributed by atoms with van der Waals surface area (Å²) in [6, 6.07) is 13.5. The Balaban J connectivity index is 1.57. The van der Waals surface area contributed by atoms with Crippen LogP contribution in [0.5, 0.6) is 0 Å². The van der Waals surface area contributed by atoms with Crippen molar-refractivity contribution in [1.82, 2.24) is 19.5 Å². The Morgan fingerprint density at radius 1 is 1.07 bits per heavy atom. The number of aromatic nitrogens is 4. The molecule has 0 aliphatic rings. The van der Waals surface area contributed by atoms with Crippen LogP contribution in [-0.4, -0.2) is 25.4 Å². The highest BCUT2D eigenvalue weighted by atomic mass is 16.2. The van der Waals surface area contributed by atoms with Crippen molar-refractivity contribution in [3.63, 3.8) is 0 Å². The first kappa shape index (κ1) is 19.6. The smallest absolute Gasteiger partial charge is 0.338 e. The summed E-state index contributed by atoms with van der Waals surface area (Å²) in [5.74, 6) is 0.444. The average Bonchev–Trinajstić information content (AvgIpc) is 3.13. The predicted molar refractivity (Wildman–Crippen MR) is 118 cm³/mol. The van der Waals surface area contributed by atoms with E-state index in [2.05, 4.69) is 26.3 Å². The van der Waals surface area contributed by atoms with E-state index < -0.39 is 5.69 Å². The minimum atomic E-state index is -0.419. The summed E-state index contributed by atoms with van der Waals surface area (Å²) in [7, 11) is 0. The van der Waals surface area contributed by atoms with Gasteiger partial charge in [0.2, 0.25) is 5.91 Å². The predicted octanol–water partition coefficient (Wildman–Crippen LogP) is 3.66. The Morgan fingerprint density at radius 3 is 2.67 bits per heavy atom. The van der Waals surface area contributed by atoms with Gasteiger partial charge in [0.05, 0.1) is 11.0 Å². The van der Waals surface area contributed by atoms with Gasteiger partial charge in [-0.2, -0.15) is 4.98 Å². The Labute approximate surface area is 173 Å². The molecule has 0 bridgehead atoms. The number of hydrogen-bond acceptors (Lipinski definition) is 4. The van der Waals surface area contributed by atoms with Crippen LogP contribution in [0.3, 0.4) is 0 Å². The summed E-state index contributed by atoms with van der Waals surface area (Å²) in [6.45, 7) is 7.45. The molecule has 4 rings (SSSR count). The third kappa shape index (κ3) is 3.74. The highest BCUT2D eigenvalue weighted by molar-refractivity contribution is 5.91. The Bertz CT molecular complexity index is 1330. The lowest BCUT2D eigenvalue weighted by atomic mass is 10.2. The molecule has 0 spiro atoms. The van der Waals surface area contributed by atoms with Crippen molar-refractivity contribution in [3.05, 3.63) is 75.5 Å². The second-order valence-electron chi connectivity index (χ2n) is 7.51. The first-order valence-corrected chi connectivity index (χ1v) is 9.73. The molecule has 2 N–H and O–H groups in total. The standard InChI is InChI=1S/C23H23N5O2/c1-13-8-9-19-20(10-13)27-22(26-19)17-6-5-7-18(11-17)25-21(29)12-28-16(4)14(2)15(3)24-23(28)30/h5-11H,12H2,1-4H3,(H,25,29)(H,26,27). The fraction of sp³-hybridized carbons (Fsp3) is 0.217. The second-order valence-corrected chi connectivity index (χ2v) is 7.51. The molecule has 152 valence electrons. The minimum absolute atomic E-state index is 0.0903. The number of carbonyl (C=O) groups excluding carboxylic acids is 1. The van der Waals surface area contributed by atoms with Crippen LogP contribution in [0.2, 0.25) is 0 Å². The number of anilines is 1. The Morgan fingerprint density at radius 2 is 1.87 bits per heavy atom. The summed E-state index contributed by atoms with van der Waals surface area (Å²) in [5, 5.41) is 2.86. The molecular weight excluding hydrogens is 378 g/mol. The van der Waals surface area contributed by atoms with E-state index in [9.17, 15) is 9.59 Å². The van der Waals surface area contributed by atoms with Crippen molar-refractivity contribution in [1.29, 1.82) is 0 Å². The number of aromatic amines is 1. The molecule has 0 atom stereocenters. The van der Waals surface area contributed by atoms with Gasteiger partial charge in [0.1, 0.15) is 12.4 Å². The van der Waals surface area contributed by atoms with Gasteiger partial charge >= 0.3 is 5.69 Å². The first-order chi connectivity index (χ1) is 14.3. The molecule has 0 saturated carbocycles. The van der Waals surface area contributed by atoms with Gasteiger partial charge in [0.15, 0.2) is 0 Å². The lowest BCUT2D eigenvalue weighted by Gasteiger charge is -2.13. The molecule has 0 aliphatic carbocycles. The second kappa shape index (κ2) is 7.59. The van der Waals surface area contributed by atoms with Gasteiger partial charge in [-0.1, -0.05) is 18.2 Å². The van der Waals surface area contributed by atoms with Crippen LogP contribution in [0, 0.1) is 27.7 Å². The third-order valence-corrected chi connectivity index (χ3v) is 5.34. The third-order valence-electron chi connectivity index (χ3n) is 5.34. The van der Waals surface area contributed by atoms with E-state index in [1.165, 1.54) is 4.57 Å². The van der Waals surface area contributed by atoms with Crippen molar-refractivity contribution in [2.24, 2.45) is 0 Å². The van der Waals surface area contributed by atoms with Gasteiger partial charge in [-0.15, -0.1) is 0 Å². The zero-order chi connectivity index (χ0) is 21.4. The SMILES string of the molecule is Cc1ccc2nc(-c3cccc(NC(=O)Cn4c(C)c(C)c(C)nc4=O)c3)[nH]c2c1. The monoisotopic (exact) mass is 401 g/mol. The van der Waals surface area contributed by atoms with Gasteiger partial charge in [0.25, 0.3) is 0 Å². The van der Waals surface area contributed by atoms with Gasteiger partial charge in [-0.3, -0.25) is 9.36 Å². The van der Waals surface area contributed by atoms with E-state index in [0.717, 1.165) is 39.2 Å². The summed E-state index contributed by atoms with van der Waals surface area (Å²) in [5.41, 5.74) is 6.43. The number of aryl methyl sites for hydroxylation is 2. The Hall–Kier alpha value is -3.74. The number of amides is 1. The summed E-state index contributed by atoms with van der Waals surface area (Å²) in [4.78, 5) is 36.7. The van der Waals surface area contributed by atoms with Crippen molar-refractivity contribution in [2.75, 3.05) is 5.32 Å². The van der Waals surface area contributed by atoms with E-state index in [1.807, 2.05) is 57.2 Å². The maximum atomic E-state index is 12.6. The van der Waals surface area contributed by atoms with Crippen LogP contribution < -0.4 is 11.0 Å². The molecule has 0 saturated heterocycles. The number of imidazole rings is 1. The van der Waals surface area contributed by atoms with Crippen LogP contribution in [0.25, 0.3) is 22.4 Å². The number of benzene rings is 2. The van der Waals surface area contributed by atoms with Crippen LogP contribution in [0.4, 0.5) is 5.69 Å². The Kier molecular flexibility index (Phi) is 4.95. The van der Waals surface area contributed by atoms with Crippen molar-refractivity contribution >= 4 is 22.6 Å². The normalized spacial score (nSPS) is 11.1.